The van der Waals surface area contributed by atoms with Gasteiger partial charge in [0.15, 0.2) is 6.29 Å². The molecule has 3 rings (SSSR count). The molecular weight excluding hydrogens is 274 g/mol. The van der Waals surface area contributed by atoms with E-state index in [4.69, 9.17) is 0 Å². The van der Waals surface area contributed by atoms with Gasteiger partial charge < -0.3 is 10.1 Å². The largest absolute Gasteiger partial charge is 0.390 e. The molecule has 21 heavy (non-hydrogen) atoms. The number of carbonyl (C=O) groups is 1. The van der Waals surface area contributed by atoms with Gasteiger partial charge in [-0.15, -0.1) is 0 Å². The minimum atomic E-state index is -0.562. The minimum absolute atomic E-state index is 0.223. The van der Waals surface area contributed by atoms with Crippen molar-refractivity contribution in [3.8, 4) is 11.4 Å². The summed E-state index contributed by atoms with van der Waals surface area (Å²) < 4.78 is 3.15. The lowest BCUT2D eigenvalue weighted by Gasteiger charge is -2.09. The summed E-state index contributed by atoms with van der Waals surface area (Å²) in [4.78, 5) is 21.5. The number of hydrogen-bond acceptors (Lipinski definition) is 5. The molecule has 0 radical (unpaired) electrons. The van der Waals surface area contributed by atoms with Crippen molar-refractivity contribution in [1.29, 1.82) is 0 Å². The van der Waals surface area contributed by atoms with Crippen LogP contribution in [0, 0.1) is 16.0 Å². The molecule has 0 aromatic carbocycles. The van der Waals surface area contributed by atoms with Gasteiger partial charge in [0.2, 0.25) is 0 Å². The van der Waals surface area contributed by atoms with Gasteiger partial charge in [-0.2, -0.15) is 9.78 Å². The highest BCUT2D eigenvalue weighted by molar-refractivity contribution is 5.84. The predicted octanol–water partition coefficient (Wildman–Crippen LogP) is 1.98. The van der Waals surface area contributed by atoms with Gasteiger partial charge in [-0.3, -0.25) is 9.48 Å². The summed E-state index contributed by atoms with van der Waals surface area (Å²) in [6, 6.07) is 1.56. The average Bonchev–Trinajstić information content (AvgIpc) is 3.10. The highest BCUT2D eigenvalue weighted by atomic mass is 16.6. The fraction of sp³-hybridized carbons (Fsp3) is 0.462. The maximum absolute atomic E-state index is 11.3. The normalized spacial score (nSPS) is 15.9. The standard InChI is InChI=1S/C13H15N5O3/c1-8(9-3-4-9)17-6-10(7-19)13(15-17)11-5-12(18(20)21)14-16(11)2/h5-9H,3-4H2,1-2H3. The molecule has 1 atom stereocenters. The average molecular weight is 289 g/mol. The van der Waals surface area contributed by atoms with E-state index in [1.165, 1.54) is 23.6 Å². The van der Waals surface area contributed by atoms with Crippen LogP contribution < -0.4 is 0 Å². The molecule has 2 aromatic heterocycles. The van der Waals surface area contributed by atoms with E-state index < -0.39 is 4.92 Å². The maximum Gasteiger partial charge on any atom is 0.390 e. The molecule has 1 unspecified atom stereocenters. The number of aromatic nitrogens is 4. The van der Waals surface area contributed by atoms with E-state index in [1.54, 1.807) is 17.9 Å². The van der Waals surface area contributed by atoms with E-state index in [2.05, 4.69) is 17.1 Å². The molecule has 1 fully saturated rings. The van der Waals surface area contributed by atoms with Gasteiger partial charge in [-0.25, -0.2) is 0 Å². The SMILES string of the molecule is CC(C1CC1)n1cc(C=O)c(-c2cc([N+](=O)[O-])nn2C)n1. The summed E-state index contributed by atoms with van der Waals surface area (Å²) in [7, 11) is 1.60. The van der Waals surface area contributed by atoms with E-state index in [1.807, 2.05) is 0 Å². The van der Waals surface area contributed by atoms with E-state index in [-0.39, 0.29) is 11.9 Å². The summed E-state index contributed by atoms with van der Waals surface area (Å²) in [6.07, 6.45) is 4.76. The van der Waals surface area contributed by atoms with Gasteiger partial charge in [0.1, 0.15) is 11.4 Å². The summed E-state index contributed by atoms with van der Waals surface area (Å²) >= 11 is 0. The Morgan fingerprint density at radius 2 is 2.19 bits per heavy atom. The molecule has 0 spiro atoms. The first-order valence-electron chi connectivity index (χ1n) is 6.74. The Hall–Kier alpha value is -2.51. The summed E-state index contributed by atoms with van der Waals surface area (Å²) in [5, 5.41) is 19.1. The number of rotatable bonds is 5. The van der Waals surface area contributed by atoms with Gasteiger partial charge >= 0.3 is 5.82 Å². The number of aldehydes is 1. The van der Waals surface area contributed by atoms with Crippen molar-refractivity contribution in [3.63, 3.8) is 0 Å². The molecule has 2 heterocycles. The third kappa shape index (κ3) is 2.32. The quantitative estimate of drug-likeness (QED) is 0.476. The second kappa shape index (κ2) is 4.80. The molecule has 2 aromatic rings. The number of carbonyl (C=O) groups excluding carboxylic acids is 1. The number of hydrogen-bond donors (Lipinski definition) is 0. The van der Waals surface area contributed by atoms with Crippen LogP contribution in [0.3, 0.4) is 0 Å². The summed E-state index contributed by atoms with van der Waals surface area (Å²) in [6.45, 7) is 2.06. The van der Waals surface area contributed by atoms with E-state index in [9.17, 15) is 14.9 Å². The van der Waals surface area contributed by atoms with Crippen LogP contribution in [0.4, 0.5) is 5.82 Å². The monoisotopic (exact) mass is 289 g/mol. The first-order valence-corrected chi connectivity index (χ1v) is 6.74. The van der Waals surface area contributed by atoms with Crippen LogP contribution in [0.15, 0.2) is 12.3 Å². The van der Waals surface area contributed by atoms with Crippen LogP contribution in [0.5, 0.6) is 0 Å². The molecular formula is C13H15N5O3. The highest BCUT2D eigenvalue weighted by Gasteiger charge is 2.31. The van der Waals surface area contributed by atoms with E-state index in [0.717, 1.165) is 6.29 Å². The zero-order chi connectivity index (χ0) is 15.1. The molecule has 0 N–H and O–H groups in total. The Morgan fingerprint density at radius 1 is 1.48 bits per heavy atom. The topological polar surface area (TPSA) is 95.9 Å². The predicted molar refractivity (Wildman–Crippen MR) is 73.9 cm³/mol. The highest BCUT2D eigenvalue weighted by Crippen LogP contribution is 2.39. The van der Waals surface area contributed by atoms with Crippen molar-refractivity contribution in [1.82, 2.24) is 19.6 Å². The first-order chi connectivity index (χ1) is 10.0. The van der Waals surface area contributed by atoms with Gasteiger partial charge in [-0.05, 0) is 30.6 Å². The smallest absolute Gasteiger partial charge is 0.358 e. The van der Waals surface area contributed by atoms with Gasteiger partial charge in [0.05, 0.1) is 29.8 Å². The zero-order valence-corrected chi connectivity index (χ0v) is 11.8. The summed E-state index contributed by atoms with van der Waals surface area (Å²) in [5.74, 6) is 0.340. The maximum atomic E-state index is 11.3. The van der Waals surface area contributed by atoms with Crippen LogP contribution >= 0.6 is 0 Å². The zero-order valence-electron chi connectivity index (χ0n) is 11.8. The fourth-order valence-corrected chi connectivity index (χ4v) is 2.46. The van der Waals surface area contributed by atoms with Crippen LogP contribution in [-0.4, -0.2) is 30.8 Å². The molecule has 1 aliphatic carbocycles. The molecule has 0 bridgehead atoms. The Bertz CT molecular complexity index is 713. The first kappa shape index (κ1) is 13.5. The lowest BCUT2D eigenvalue weighted by Crippen LogP contribution is -2.07. The molecule has 1 aliphatic rings. The minimum Gasteiger partial charge on any atom is -0.358 e. The van der Waals surface area contributed by atoms with Gasteiger partial charge in [-0.1, -0.05) is 0 Å². The van der Waals surface area contributed by atoms with Crippen molar-refractivity contribution in [2.75, 3.05) is 0 Å². The van der Waals surface area contributed by atoms with Gasteiger partial charge in [0.25, 0.3) is 0 Å². The number of aryl methyl sites for hydroxylation is 1. The Balaban J connectivity index is 2.04. The lowest BCUT2D eigenvalue weighted by molar-refractivity contribution is -0.389. The van der Waals surface area contributed by atoms with Crippen molar-refractivity contribution in [3.05, 3.63) is 27.9 Å². The summed E-state index contributed by atoms with van der Waals surface area (Å²) in [5.41, 5.74) is 1.31. The fourth-order valence-electron chi connectivity index (χ4n) is 2.46. The number of nitrogens with zero attached hydrogens (tertiary/aromatic N) is 5. The molecule has 8 heteroatoms. The molecule has 0 aliphatic heterocycles. The second-order valence-electron chi connectivity index (χ2n) is 5.38. The second-order valence-corrected chi connectivity index (χ2v) is 5.38. The molecule has 1 saturated carbocycles. The number of nitro groups is 1. The molecule has 110 valence electrons. The van der Waals surface area contributed by atoms with Gasteiger partial charge in [0, 0.05) is 6.20 Å². The third-order valence-corrected chi connectivity index (χ3v) is 3.91. The van der Waals surface area contributed by atoms with Crippen LogP contribution in [0.1, 0.15) is 36.2 Å². The van der Waals surface area contributed by atoms with Crippen molar-refractivity contribution in [2.45, 2.75) is 25.8 Å². The molecule has 0 saturated heterocycles. The third-order valence-electron chi connectivity index (χ3n) is 3.91. The van der Waals surface area contributed by atoms with Crippen LogP contribution in [-0.2, 0) is 7.05 Å². The Morgan fingerprint density at radius 3 is 2.71 bits per heavy atom. The van der Waals surface area contributed by atoms with Crippen molar-refractivity contribution < 1.29 is 9.72 Å². The van der Waals surface area contributed by atoms with Crippen LogP contribution in [0.25, 0.3) is 11.4 Å². The molecule has 8 nitrogen and oxygen atoms in total. The van der Waals surface area contributed by atoms with Crippen molar-refractivity contribution >= 4 is 12.1 Å². The Labute approximate surface area is 120 Å². The van der Waals surface area contributed by atoms with E-state index >= 15 is 0 Å². The molecule has 0 amide bonds. The van der Waals surface area contributed by atoms with Crippen LogP contribution in [0.2, 0.25) is 0 Å². The van der Waals surface area contributed by atoms with Crippen molar-refractivity contribution in [2.24, 2.45) is 13.0 Å². The van der Waals surface area contributed by atoms with E-state index in [0.29, 0.717) is 22.9 Å². The Kier molecular flexibility index (Phi) is 3.08. The lowest BCUT2D eigenvalue weighted by atomic mass is 10.2.